The van der Waals surface area contributed by atoms with E-state index in [2.05, 4.69) is 39.7 Å². The minimum absolute atomic E-state index is 0.729. The highest BCUT2D eigenvalue weighted by Gasteiger charge is 2.06. The fraction of sp³-hybridized carbons (Fsp3) is 0.200. The standard InChI is InChI=1S/C20H22N4/c1-2-13-21-18-14-19(22-15-16-9-5-3-6-10-16)24-20(23-18)17-11-7-4-8-12-17/h3-12,14H,2,13,15H2,1H3,(H2,21,22,23,24). The van der Waals surface area contributed by atoms with Crippen molar-refractivity contribution in [1.82, 2.24) is 9.97 Å². The molecule has 0 radical (unpaired) electrons. The van der Waals surface area contributed by atoms with Crippen molar-refractivity contribution in [2.75, 3.05) is 17.2 Å². The van der Waals surface area contributed by atoms with Crippen LogP contribution in [-0.4, -0.2) is 16.5 Å². The highest BCUT2D eigenvalue weighted by Crippen LogP contribution is 2.20. The minimum Gasteiger partial charge on any atom is -0.370 e. The number of nitrogens with zero attached hydrogens (tertiary/aromatic N) is 2. The van der Waals surface area contributed by atoms with Crippen molar-refractivity contribution in [1.29, 1.82) is 0 Å². The summed E-state index contributed by atoms with van der Waals surface area (Å²) in [6, 6.07) is 22.3. The van der Waals surface area contributed by atoms with Crippen LogP contribution in [0.5, 0.6) is 0 Å². The Kier molecular flexibility index (Phi) is 5.40. The lowest BCUT2D eigenvalue weighted by Crippen LogP contribution is -2.07. The first-order valence-corrected chi connectivity index (χ1v) is 8.31. The molecule has 0 saturated carbocycles. The Labute approximate surface area is 143 Å². The first kappa shape index (κ1) is 16.0. The van der Waals surface area contributed by atoms with Crippen LogP contribution in [0.15, 0.2) is 66.7 Å². The Morgan fingerprint density at radius 1 is 0.792 bits per heavy atom. The molecule has 0 atom stereocenters. The molecule has 3 rings (SSSR count). The zero-order valence-electron chi connectivity index (χ0n) is 13.9. The van der Waals surface area contributed by atoms with Crippen molar-refractivity contribution in [2.45, 2.75) is 19.9 Å². The van der Waals surface area contributed by atoms with Crippen LogP contribution >= 0.6 is 0 Å². The smallest absolute Gasteiger partial charge is 0.163 e. The fourth-order valence-electron chi connectivity index (χ4n) is 2.39. The molecule has 0 unspecified atom stereocenters. The molecule has 0 fully saturated rings. The molecular weight excluding hydrogens is 296 g/mol. The molecule has 122 valence electrons. The van der Waals surface area contributed by atoms with Gasteiger partial charge in [0.15, 0.2) is 5.82 Å². The van der Waals surface area contributed by atoms with Crippen LogP contribution < -0.4 is 10.6 Å². The van der Waals surface area contributed by atoms with Crippen molar-refractivity contribution in [3.8, 4) is 11.4 Å². The van der Waals surface area contributed by atoms with E-state index in [-0.39, 0.29) is 0 Å². The van der Waals surface area contributed by atoms with Gasteiger partial charge in [-0.05, 0) is 12.0 Å². The average molecular weight is 318 g/mol. The molecule has 24 heavy (non-hydrogen) atoms. The maximum Gasteiger partial charge on any atom is 0.163 e. The fourth-order valence-corrected chi connectivity index (χ4v) is 2.39. The molecule has 0 aliphatic carbocycles. The normalized spacial score (nSPS) is 10.4. The zero-order valence-corrected chi connectivity index (χ0v) is 13.9. The van der Waals surface area contributed by atoms with Gasteiger partial charge in [0, 0.05) is 24.7 Å². The van der Waals surface area contributed by atoms with E-state index in [1.807, 2.05) is 54.6 Å². The number of aromatic nitrogens is 2. The molecule has 3 aromatic rings. The molecule has 0 aliphatic heterocycles. The van der Waals surface area contributed by atoms with Gasteiger partial charge in [0.1, 0.15) is 11.6 Å². The first-order chi connectivity index (χ1) is 11.8. The molecule has 0 aliphatic rings. The maximum absolute atomic E-state index is 4.66. The Balaban J connectivity index is 1.84. The summed E-state index contributed by atoms with van der Waals surface area (Å²) in [4.78, 5) is 9.30. The molecule has 1 heterocycles. The lowest BCUT2D eigenvalue weighted by atomic mass is 10.2. The van der Waals surface area contributed by atoms with E-state index < -0.39 is 0 Å². The van der Waals surface area contributed by atoms with Crippen LogP contribution in [0.3, 0.4) is 0 Å². The van der Waals surface area contributed by atoms with Crippen LogP contribution in [-0.2, 0) is 6.54 Å². The number of hydrogen-bond acceptors (Lipinski definition) is 4. The molecule has 0 spiro atoms. The van der Waals surface area contributed by atoms with E-state index in [9.17, 15) is 0 Å². The SMILES string of the molecule is CCCNc1cc(NCc2ccccc2)nc(-c2ccccc2)n1. The van der Waals surface area contributed by atoms with E-state index in [1.54, 1.807) is 0 Å². The number of anilines is 2. The van der Waals surface area contributed by atoms with Crippen LogP contribution in [0.25, 0.3) is 11.4 Å². The van der Waals surface area contributed by atoms with Gasteiger partial charge < -0.3 is 10.6 Å². The second kappa shape index (κ2) is 8.11. The lowest BCUT2D eigenvalue weighted by Gasteiger charge is -2.11. The van der Waals surface area contributed by atoms with Gasteiger partial charge >= 0.3 is 0 Å². The molecule has 0 saturated heterocycles. The van der Waals surface area contributed by atoms with Crippen molar-refractivity contribution in [3.05, 3.63) is 72.3 Å². The van der Waals surface area contributed by atoms with Crippen molar-refractivity contribution < 1.29 is 0 Å². The van der Waals surface area contributed by atoms with Crippen molar-refractivity contribution in [3.63, 3.8) is 0 Å². The van der Waals surface area contributed by atoms with E-state index in [0.717, 1.165) is 42.5 Å². The molecule has 1 aromatic heterocycles. The van der Waals surface area contributed by atoms with E-state index in [4.69, 9.17) is 0 Å². The third-order valence-corrected chi connectivity index (χ3v) is 3.63. The Morgan fingerprint density at radius 2 is 1.42 bits per heavy atom. The van der Waals surface area contributed by atoms with Gasteiger partial charge in [0.25, 0.3) is 0 Å². The molecule has 4 heteroatoms. The zero-order chi connectivity index (χ0) is 16.6. The average Bonchev–Trinajstić information content (AvgIpc) is 2.66. The third-order valence-electron chi connectivity index (χ3n) is 3.63. The van der Waals surface area contributed by atoms with Crippen molar-refractivity contribution >= 4 is 11.6 Å². The van der Waals surface area contributed by atoms with Gasteiger partial charge in [-0.1, -0.05) is 67.6 Å². The number of rotatable bonds is 7. The topological polar surface area (TPSA) is 49.8 Å². The Morgan fingerprint density at radius 3 is 2.08 bits per heavy atom. The molecule has 4 nitrogen and oxygen atoms in total. The highest BCUT2D eigenvalue weighted by atomic mass is 15.1. The molecular formula is C20H22N4. The van der Waals surface area contributed by atoms with Gasteiger partial charge in [0.05, 0.1) is 0 Å². The van der Waals surface area contributed by atoms with E-state index in [1.165, 1.54) is 5.56 Å². The summed E-state index contributed by atoms with van der Waals surface area (Å²) in [5.41, 5.74) is 2.24. The summed E-state index contributed by atoms with van der Waals surface area (Å²) in [6.45, 7) is 3.77. The summed E-state index contributed by atoms with van der Waals surface area (Å²) in [5, 5.41) is 6.75. The first-order valence-electron chi connectivity index (χ1n) is 8.31. The predicted octanol–water partition coefficient (Wildman–Crippen LogP) is 4.58. The Hall–Kier alpha value is -2.88. The second-order valence-corrected chi connectivity index (χ2v) is 5.59. The largest absolute Gasteiger partial charge is 0.370 e. The number of hydrogen-bond donors (Lipinski definition) is 2. The van der Waals surface area contributed by atoms with Gasteiger partial charge in [-0.3, -0.25) is 0 Å². The maximum atomic E-state index is 4.66. The summed E-state index contributed by atoms with van der Waals surface area (Å²) in [7, 11) is 0. The monoisotopic (exact) mass is 318 g/mol. The van der Waals surface area contributed by atoms with Gasteiger partial charge in [-0.15, -0.1) is 0 Å². The van der Waals surface area contributed by atoms with E-state index >= 15 is 0 Å². The minimum atomic E-state index is 0.729. The molecule has 0 bridgehead atoms. The molecule has 2 N–H and O–H groups in total. The summed E-state index contributed by atoms with van der Waals surface area (Å²) in [6.07, 6.45) is 1.05. The van der Waals surface area contributed by atoms with Gasteiger partial charge in [-0.2, -0.15) is 0 Å². The van der Waals surface area contributed by atoms with Crippen molar-refractivity contribution in [2.24, 2.45) is 0 Å². The van der Waals surface area contributed by atoms with Crippen LogP contribution in [0, 0.1) is 0 Å². The summed E-state index contributed by atoms with van der Waals surface area (Å²) >= 11 is 0. The van der Waals surface area contributed by atoms with Crippen LogP contribution in [0.2, 0.25) is 0 Å². The predicted molar refractivity (Wildman–Crippen MR) is 100 cm³/mol. The summed E-state index contributed by atoms with van der Waals surface area (Å²) in [5.74, 6) is 2.40. The summed E-state index contributed by atoms with van der Waals surface area (Å²) < 4.78 is 0. The van der Waals surface area contributed by atoms with Crippen LogP contribution in [0.4, 0.5) is 11.6 Å². The quantitative estimate of drug-likeness (QED) is 0.669. The number of benzene rings is 2. The number of nitrogens with one attached hydrogen (secondary N) is 2. The Bertz CT molecular complexity index is 757. The van der Waals surface area contributed by atoms with Gasteiger partial charge in [0.2, 0.25) is 0 Å². The molecule has 0 amide bonds. The van der Waals surface area contributed by atoms with E-state index in [0.29, 0.717) is 0 Å². The second-order valence-electron chi connectivity index (χ2n) is 5.59. The lowest BCUT2D eigenvalue weighted by molar-refractivity contribution is 0.964. The third kappa shape index (κ3) is 4.32. The van der Waals surface area contributed by atoms with Crippen LogP contribution in [0.1, 0.15) is 18.9 Å². The highest BCUT2D eigenvalue weighted by molar-refractivity contribution is 5.61. The van der Waals surface area contributed by atoms with Gasteiger partial charge in [-0.25, -0.2) is 9.97 Å². The molecule has 2 aromatic carbocycles.